The van der Waals surface area contributed by atoms with Crippen molar-refractivity contribution in [1.29, 1.82) is 0 Å². The lowest BCUT2D eigenvalue weighted by Gasteiger charge is -2.33. The molecule has 1 saturated heterocycles. The lowest BCUT2D eigenvalue weighted by Crippen LogP contribution is -2.52. The van der Waals surface area contributed by atoms with Gasteiger partial charge in [0, 0.05) is 30.5 Å². The van der Waals surface area contributed by atoms with Crippen molar-refractivity contribution < 1.29 is 4.79 Å². The van der Waals surface area contributed by atoms with E-state index in [1.54, 1.807) is 6.08 Å². The first-order chi connectivity index (χ1) is 13.8. The van der Waals surface area contributed by atoms with Crippen LogP contribution in [0.25, 0.3) is 6.08 Å². The molecule has 1 fully saturated rings. The van der Waals surface area contributed by atoms with E-state index in [1.165, 1.54) is 0 Å². The van der Waals surface area contributed by atoms with Gasteiger partial charge in [-0.15, -0.1) is 0 Å². The quantitative estimate of drug-likeness (QED) is 0.687. The summed E-state index contributed by atoms with van der Waals surface area (Å²) in [6, 6.07) is 30.2. The molecule has 0 saturated carbocycles. The first-order valence-corrected chi connectivity index (χ1v) is 9.48. The van der Waals surface area contributed by atoms with E-state index in [4.69, 9.17) is 0 Å². The van der Waals surface area contributed by atoms with E-state index in [2.05, 4.69) is 39.4 Å². The highest BCUT2D eigenvalue weighted by Gasteiger charge is 2.33. The van der Waals surface area contributed by atoms with Crippen LogP contribution >= 0.6 is 0 Å². The molecule has 0 aromatic heterocycles. The molecule has 0 aliphatic carbocycles. The first-order valence-electron chi connectivity index (χ1n) is 9.48. The second-order valence-corrected chi connectivity index (χ2v) is 6.68. The molecule has 28 heavy (non-hydrogen) atoms. The largest absolute Gasteiger partial charge is 0.332 e. The van der Waals surface area contributed by atoms with Crippen LogP contribution in [-0.4, -0.2) is 25.3 Å². The minimum Gasteiger partial charge on any atom is -0.332 e. The van der Waals surface area contributed by atoms with Gasteiger partial charge in [0.05, 0.1) is 0 Å². The summed E-state index contributed by atoms with van der Waals surface area (Å²) in [4.78, 5) is 17.1. The zero-order valence-electron chi connectivity index (χ0n) is 15.6. The highest BCUT2D eigenvalue weighted by molar-refractivity contribution is 5.92. The molecule has 3 aromatic carbocycles. The molecule has 1 N–H and O–H groups in total. The third kappa shape index (κ3) is 4.07. The van der Waals surface area contributed by atoms with Crippen LogP contribution in [0.5, 0.6) is 0 Å². The fraction of sp³-hybridized carbons (Fsp3) is 0.125. The smallest absolute Gasteiger partial charge is 0.246 e. The number of anilines is 2. The number of hydrogen-bond donors (Lipinski definition) is 1. The summed E-state index contributed by atoms with van der Waals surface area (Å²) in [5.41, 5.74) is 3.19. The maximum absolute atomic E-state index is 12.7. The van der Waals surface area contributed by atoms with Crippen molar-refractivity contribution in [3.8, 4) is 0 Å². The van der Waals surface area contributed by atoms with Gasteiger partial charge in [0.15, 0.2) is 6.29 Å². The highest BCUT2D eigenvalue weighted by atomic mass is 16.1. The maximum Gasteiger partial charge on any atom is 0.246 e. The third-order valence-electron chi connectivity index (χ3n) is 4.85. The van der Waals surface area contributed by atoms with Gasteiger partial charge in [0.25, 0.3) is 0 Å². The number of amides is 1. The van der Waals surface area contributed by atoms with Crippen LogP contribution in [0.3, 0.4) is 0 Å². The standard InChI is InChI=1S/C24H23N3O/c28-23(17-16-20-10-4-1-5-11-20)25-24-26(21-12-6-2-7-13-21)18-19-27(24)22-14-8-3-9-15-22/h1-17,24H,18-19H2,(H,25,28)/b17-16+. The number of nitrogens with zero attached hydrogens (tertiary/aromatic N) is 2. The predicted molar refractivity (Wildman–Crippen MR) is 115 cm³/mol. The van der Waals surface area contributed by atoms with Crippen LogP contribution < -0.4 is 15.1 Å². The predicted octanol–water partition coefficient (Wildman–Crippen LogP) is 4.13. The van der Waals surface area contributed by atoms with Gasteiger partial charge in [-0.2, -0.15) is 0 Å². The Bertz CT molecular complexity index is 878. The summed E-state index contributed by atoms with van der Waals surface area (Å²) in [6.45, 7) is 1.68. The molecule has 0 atom stereocenters. The number of hydrogen-bond acceptors (Lipinski definition) is 3. The van der Waals surface area contributed by atoms with Crippen LogP contribution in [0.4, 0.5) is 11.4 Å². The Labute approximate surface area is 165 Å². The van der Waals surface area contributed by atoms with Crippen molar-refractivity contribution >= 4 is 23.4 Å². The number of carbonyl (C=O) groups excluding carboxylic acids is 1. The van der Waals surface area contributed by atoms with Crippen LogP contribution in [0, 0.1) is 0 Å². The molecule has 4 nitrogen and oxygen atoms in total. The Hall–Kier alpha value is -3.53. The van der Waals surface area contributed by atoms with Crippen molar-refractivity contribution in [2.45, 2.75) is 6.29 Å². The van der Waals surface area contributed by atoms with Gasteiger partial charge in [0.1, 0.15) is 0 Å². The summed E-state index contributed by atoms with van der Waals surface area (Å²) in [5.74, 6) is -0.113. The van der Waals surface area contributed by atoms with Crippen molar-refractivity contribution in [1.82, 2.24) is 5.32 Å². The van der Waals surface area contributed by atoms with Gasteiger partial charge in [0.2, 0.25) is 5.91 Å². The Morgan fingerprint density at radius 2 is 1.21 bits per heavy atom. The van der Waals surface area contributed by atoms with Crippen LogP contribution in [0.2, 0.25) is 0 Å². The molecule has 0 radical (unpaired) electrons. The summed E-state index contributed by atoms with van der Waals surface area (Å²) >= 11 is 0. The lowest BCUT2D eigenvalue weighted by molar-refractivity contribution is -0.117. The van der Waals surface area contributed by atoms with Gasteiger partial charge in [-0.25, -0.2) is 0 Å². The molecule has 140 valence electrons. The number of rotatable bonds is 5. The van der Waals surface area contributed by atoms with Gasteiger partial charge in [-0.05, 0) is 35.9 Å². The van der Waals surface area contributed by atoms with E-state index in [-0.39, 0.29) is 12.2 Å². The second-order valence-electron chi connectivity index (χ2n) is 6.68. The number of para-hydroxylation sites is 2. The Morgan fingerprint density at radius 1 is 0.750 bits per heavy atom. The molecule has 4 rings (SSSR count). The molecule has 3 aromatic rings. The van der Waals surface area contributed by atoms with Crippen molar-refractivity contribution in [2.75, 3.05) is 22.9 Å². The van der Waals surface area contributed by atoms with E-state index < -0.39 is 0 Å². The van der Waals surface area contributed by atoms with Crippen molar-refractivity contribution in [3.05, 3.63) is 103 Å². The molecule has 0 bridgehead atoms. The highest BCUT2D eigenvalue weighted by Crippen LogP contribution is 2.26. The summed E-state index contributed by atoms with van der Waals surface area (Å²) in [5, 5.41) is 3.17. The molecule has 1 aliphatic heterocycles. The van der Waals surface area contributed by atoms with E-state index in [0.29, 0.717) is 0 Å². The summed E-state index contributed by atoms with van der Waals surface area (Å²) < 4.78 is 0. The van der Waals surface area contributed by atoms with Crippen LogP contribution in [-0.2, 0) is 4.79 Å². The van der Waals surface area contributed by atoms with Gasteiger partial charge < -0.3 is 15.1 Å². The zero-order chi connectivity index (χ0) is 19.2. The summed E-state index contributed by atoms with van der Waals surface area (Å²) in [6.07, 6.45) is 3.20. The fourth-order valence-corrected chi connectivity index (χ4v) is 3.48. The minimum atomic E-state index is -0.238. The van der Waals surface area contributed by atoms with Crippen LogP contribution in [0.15, 0.2) is 97.1 Å². The molecule has 0 spiro atoms. The fourth-order valence-electron chi connectivity index (χ4n) is 3.48. The van der Waals surface area contributed by atoms with Gasteiger partial charge >= 0.3 is 0 Å². The average molecular weight is 369 g/mol. The first kappa shape index (κ1) is 17.9. The zero-order valence-corrected chi connectivity index (χ0v) is 15.6. The Kier molecular flexibility index (Phi) is 5.38. The topological polar surface area (TPSA) is 35.6 Å². The molecule has 0 unspecified atom stereocenters. The van der Waals surface area contributed by atoms with E-state index >= 15 is 0 Å². The monoisotopic (exact) mass is 369 g/mol. The number of nitrogens with one attached hydrogen (secondary N) is 1. The Morgan fingerprint density at radius 3 is 1.71 bits per heavy atom. The number of carbonyl (C=O) groups is 1. The SMILES string of the molecule is O=C(/C=C/c1ccccc1)NC1N(c2ccccc2)CCN1c1ccccc1. The van der Waals surface area contributed by atoms with E-state index in [9.17, 15) is 4.79 Å². The maximum atomic E-state index is 12.7. The molecule has 1 aliphatic rings. The van der Waals surface area contributed by atoms with Crippen LogP contribution in [0.1, 0.15) is 5.56 Å². The minimum absolute atomic E-state index is 0.113. The van der Waals surface area contributed by atoms with Gasteiger partial charge in [-0.3, -0.25) is 4.79 Å². The van der Waals surface area contributed by atoms with Crippen molar-refractivity contribution in [2.24, 2.45) is 0 Å². The molecular weight excluding hydrogens is 346 g/mol. The molecule has 1 amide bonds. The normalized spacial score (nSPS) is 14.6. The Balaban J connectivity index is 1.56. The van der Waals surface area contributed by atoms with E-state index in [1.807, 2.05) is 72.8 Å². The average Bonchev–Trinajstić information content (AvgIpc) is 3.17. The molecular formula is C24H23N3O. The molecule has 1 heterocycles. The van der Waals surface area contributed by atoms with Gasteiger partial charge in [-0.1, -0.05) is 66.7 Å². The second kappa shape index (κ2) is 8.44. The molecule has 4 heteroatoms. The third-order valence-corrected chi connectivity index (χ3v) is 4.85. The summed E-state index contributed by atoms with van der Waals surface area (Å²) in [7, 11) is 0. The number of benzene rings is 3. The van der Waals surface area contributed by atoms with E-state index in [0.717, 1.165) is 30.0 Å². The lowest BCUT2D eigenvalue weighted by atomic mass is 10.2. The van der Waals surface area contributed by atoms with Crippen molar-refractivity contribution in [3.63, 3.8) is 0 Å².